The normalized spacial score (nSPS) is 12.6. The minimum atomic E-state index is -0.716. The van der Waals surface area contributed by atoms with Gasteiger partial charge in [0.15, 0.2) is 0 Å². The van der Waals surface area contributed by atoms with Gasteiger partial charge in [0.2, 0.25) is 0 Å². The fraction of sp³-hybridized carbons (Fsp3) is 0.625. The molecule has 0 aliphatic heterocycles. The number of hydrogen-bond acceptors (Lipinski definition) is 1. The first-order valence-corrected chi connectivity index (χ1v) is 7.12. The number of aryl methyl sites for hydroxylation is 1. The van der Waals surface area contributed by atoms with E-state index in [0.29, 0.717) is 19.3 Å². The Balaban J connectivity index is 1.93. The second-order valence-electron chi connectivity index (χ2n) is 4.90. The Morgan fingerprint density at radius 3 is 2.28 bits per heavy atom. The highest BCUT2D eigenvalue weighted by molar-refractivity contribution is 5.14. The smallest absolute Gasteiger partial charge is 0.100 e. The fourth-order valence-corrected chi connectivity index (χ4v) is 2.15. The molecule has 0 saturated carbocycles. The number of hydrogen-bond donors (Lipinski definition) is 1. The molecule has 1 nitrogen and oxygen atoms in total. The Morgan fingerprint density at radius 1 is 0.889 bits per heavy atom. The summed E-state index contributed by atoms with van der Waals surface area (Å²) in [6.07, 6.45) is 6.64. The van der Waals surface area contributed by atoms with Crippen LogP contribution in [0.15, 0.2) is 30.3 Å². The highest BCUT2D eigenvalue weighted by Gasteiger charge is 2.04. The Morgan fingerprint density at radius 2 is 1.56 bits per heavy atom. The van der Waals surface area contributed by atoms with E-state index in [1.54, 1.807) is 0 Å². The molecule has 0 amide bonds. The van der Waals surface area contributed by atoms with Crippen molar-refractivity contribution in [3.63, 3.8) is 0 Å². The molecule has 0 aromatic heterocycles. The highest BCUT2D eigenvalue weighted by Crippen LogP contribution is 2.13. The third-order valence-electron chi connectivity index (χ3n) is 3.25. The van der Waals surface area contributed by atoms with Gasteiger partial charge in [-0.2, -0.15) is 0 Å². The number of halogens is 1. The van der Waals surface area contributed by atoms with Crippen LogP contribution in [0.1, 0.15) is 50.5 Å². The van der Waals surface area contributed by atoms with Crippen LogP contribution in [-0.4, -0.2) is 17.9 Å². The summed E-state index contributed by atoms with van der Waals surface area (Å²) in [7, 11) is 0. The lowest BCUT2D eigenvalue weighted by molar-refractivity contribution is 0.234. The molecule has 0 aliphatic rings. The van der Waals surface area contributed by atoms with Crippen LogP contribution in [0, 0.1) is 0 Å². The summed E-state index contributed by atoms with van der Waals surface area (Å²) in [6, 6.07) is 10.5. The molecule has 0 bridgehead atoms. The summed E-state index contributed by atoms with van der Waals surface area (Å²) in [5, 5.41) is 8.60. The van der Waals surface area contributed by atoms with Gasteiger partial charge in [0.25, 0.3) is 0 Å². The Bertz CT molecular complexity index is 286. The van der Waals surface area contributed by atoms with Gasteiger partial charge in [0.05, 0.1) is 0 Å². The van der Waals surface area contributed by atoms with Gasteiger partial charge in [0.1, 0.15) is 6.17 Å². The summed E-state index contributed by atoms with van der Waals surface area (Å²) >= 11 is 0. The van der Waals surface area contributed by atoms with Crippen LogP contribution in [0.25, 0.3) is 0 Å². The van der Waals surface area contributed by atoms with Gasteiger partial charge < -0.3 is 5.11 Å². The van der Waals surface area contributed by atoms with E-state index in [1.165, 1.54) is 18.4 Å². The molecule has 1 aromatic rings. The zero-order valence-corrected chi connectivity index (χ0v) is 11.2. The van der Waals surface area contributed by atoms with Crippen molar-refractivity contribution in [3.8, 4) is 0 Å². The lowest BCUT2D eigenvalue weighted by Gasteiger charge is -2.06. The van der Waals surface area contributed by atoms with Gasteiger partial charge >= 0.3 is 0 Å². The highest BCUT2D eigenvalue weighted by atomic mass is 19.1. The van der Waals surface area contributed by atoms with Crippen LogP contribution >= 0.6 is 0 Å². The van der Waals surface area contributed by atoms with Crippen LogP contribution in [-0.2, 0) is 6.42 Å². The predicted octanol–water partition coefficient (Wildman–Crippen LogP) is 4.29. The molecule has 0 saturated heterocycles. The third-order valence-corrected chi connectivity index (χ3v) is 3.25. The minimum absolute atomic E-state index is 0.109. The van der Waals surface area contributed by atoms with E-state index < -0.39 is 6.17 Å². The monoisotopic (exact) mass is 252 g/mol. The van der Waals surface area contributed by atoms with Crippen molar-refractivity contribution in [3.05, 3.63) is 35.9 Å². The lowest BCUT2D eigenvalue weighted by atomic mass is 10.0. The molecule has 1 atom stereocenters. The van der Waals surface area contributed by atoms with Crippen LogP contribution in [0.2, 0.25) is 0 Å². The standard InChI is InChI=1S/C16H25FO/c17-16(13-8-14-18)12-7-2-1-4-9-15-10-5-3-6-11-15/h3,5-6,10-11,16,18H,1-2,4,7-9,12-14H2. The maximum Gasteiger partial charge on any atom is 0.100 e. The van der Waals surface area contributed by atoms with E-state index in [2.05, 4.69) is 24.3 Å². The largest absolute Gasteiger partial charge is 0.396 e. The van der Waals surface area contributed by atoms with Gasteiger partial charge in [-0.25, -0.2) is 4.39 Å². The maximum absolute atomic E-state index is 13.3. The molecule has 1 unspecified atom stereocenters. The van der Waals surface area contributed by atoms with Gasteiger partial charge in [0, 0.05) is 6.61 Å². The molecular weight excluding hydrogens is 227 g/mol. The van der Waals surface area contributed by atoms with E-state index >= 15 is 0 Å². The van der Waals surface area contributed by atoms with Crippen molar-refractivity contribution in [2.24, 2.45) is 0 Å². The van der Waals surface area contributed by atoms with Gasteiger partial charge in [-0.1, -0.05) is 49.6 Å². The second kappa shape index (κ2) is 10.1. The molecule has 0 heterocycles. The fourth-order valence-electron chi connectivity index (χ4n) is 2.15. The van der Waals surface area contributed by atoms with Crippen molar-refractivity contribution >= 4 is 0 Å². The molecule has 18 heavy (non-hydrogen) atoms. The molecule has 0 spiro atoms. The Hall–Kier alpha value is -0.890. The minimum Gasteiger partial charge on any atom is -0.396 e. The van der Waals surface area contributed by atoms with Crippen LogP contribution in [0.4, 0.5) is 4.39 Å². The summed E-state index contributed by atoms with van der Waals surface area (Å²) in [6.45, 7) is 0.109. The van der Waals surface area contributed by atoms with E-state index in [9.17, 15) is 4.39 Å². The Labute approximate surface area is 110 Å². The first kappa shape index (κ1) is 15.2. The summed E-state index contributed by atoms with van der Waals surface area (Å²) in [5.41, 5.74) is 1.39. The predicted molar refractivity (Wildman–Crippen MR) is 74.4 cm³/mol. The summed E-state index contributed by atoms with van der Waals surface area (Å²) in [5.74, 6) is 0. The van der Waals surface area contributed by atoms with Crippen LogP contribution in [0.3, 0.4) is 0 Å². The number of aliphatic hydroxyl groups excluding tert-OH is 1. The molecule has 102 valence electrons. The SMILES string of the molecule is OCCCC(F)CCCCCCc1ccccc1. The van der Waals surface area contributed by atoms with E-state index in [4.69, 9.17) is 5.11 Å². The quantitative estimate of drug-likeness (QED) is 0.616. The number of aliphatic hydroxyl groups is 1. The van der Waals surface area contributed by atoms with Gasteiger partial charge in [-0.05, 0) is 37.7 Å². The molecule has 1 rings (SSSR count). The van der Waals surface area contributed by atoms with E-state index in [1.807, 2.05) is 6.07 Å². The number of benzene rings is 1. The second-order valence-corrected chi connectivity index (χ2v) is 4.90. The number of alkyl halides is 1. The average molecular weight is 252 g/mol. The van der Waals surface area contributed by atoms with E-state index in [-0.39, 0.29) is 6.61 Å². The molecule has 0 fully saturated rings. The number of unbranched alkanes of at least 4 members (excludes halogenated alkanes) is 3. The first-order valence-electron chi connectivity index (χ1n) is 7.12. The first-order chi connectivity index (χ1) is 8.83. The third kappa shape index (κ3) is 7.44. The zero-order chi connectivity index (χ0) is 13.1. The summed E-state index contributed by atoms with van der Waals surface area (Å²) < 4.78 is 13.3. The Kier molecular flexibility index (Phi) is 8.49. The molecule has 0 aliphatic carbocycles. The maximum atomic E-state index is 13.3. The molecule has 1 N–H and O–H groups in total. The van der Waals surface area contributed by atoms with Crippen molar-refractivity contribution in [1.82, 2.24) is 0 Å². The van der Waals surface area contributed by atoms with Crippen molar-refractivity contribution in [2.45, 2.75) is 57.5 Å². The van der Waals surface area contributed by atoms with Crippen LogP contribution < -0.4 is 0 Å². The average Bonchev–Trinajstić information content (AvgIpc) is 2.41. The van der Waals surface area contributed by atoms with Crippen molar-refractivity contribution in [1.29, 1.82) is 0 Å². The van der Waals surface area contributed by atoms with Gasteiger partial charge in [-0.3, -0.25) is 0 Å². The molecular formula is C16H25FO. The van der Waals surface area contributed by atoms with Crippen molar-refractivity contribution in [2.75, 3.05) is 6.61 Å². The summed E-state index contributed by atoms with van der Waals surface area (Å²) in [4.78, 5) is 0. The van der Waals surface area contributed by atoms with E-state index in [0.717, 1.165) is 19.3 Å². The molecule has 0 radical (unpaired) electrons. The topological polar surface area (TPSA) is 20.2 Å². The molecule has 2 heteroatoms. The van der Waals surface area contributed by atoms with Crippen LogP contribution in [0.5, 0.6) is 0 Å². The number of rotatable bonds is 10. The lowest BCUT2D eigenvalue weighted by Crippen LogP contribution is -2.01. The van der Waals surface area contributed by atoms with Gasteiger partial charge in [-0.15, -0.1) is 0 Å². The van der Waals surface area contributed by atoms with Crippen molar-refractivity contribution < 1.29 is 9.50 Å². The zero-order valence-electron chi connectivity index (χ0n) is 11.2. The molecule has 1 aromatic carbocycles.